The molecule has 2 heterocycles. The molecule has 8 nitrogen and oxygen atoms in total. The van der Waals surface area contributed by atoms with Crippen molar-refractivity contribution < 1.29 is 13.5 Å². The Hall–Kier alpha value is -2.91. The molecule has 0 saturated heterocycles. The van der Waals surface area contributed by atoms with E-state index in [0.717, 1.165) is 49.7 Å². The maximum absolute atomic E-state index is 12.4. The molecule has 1 aromatic carbocycles. The van der Waals surface area contributed by atoms with E-state index in [1.165, 1.54) is 12.1 Å². The summed E-state index contributed by atoms with van der Waals surface area (Å²) in [5.41, 5.74) is 0.923. The van der Waals surface area contributed by atoms with E-state index in [1.54, 1.807) is 21.4 Å². The molecule has 0 unspecified atom stereocenters. The number of ether oxygens (including phenoxy) is 1. The third kappa shape index (κ3) is 6.28. The van der Waals surface area contributed by atoms with E-state index in [-0.39, 0.29) is 11.4 Å². The van der Waals surface area contributed by atoms with Gasteiger partial charge in [0.15, 0.2) is 5.96 Å². The number of guanidine groups is 1. The number of benzene rings is 1. The Kier molecular flexibility index (Phi) is 8.02. The lowest BCUT2D eigenvalue weighted by atomic mass is 10.2. The van der Waals surface area contributed by atoms with E-state index in [4.69, 9.17) is 0 Å². The predicted molar refractivity (Wildman–Crippen MR) is 115 cm³/mol. The van der Waals surface area contributed by atoms with Gasteiger partial charge in [-0.2, -0.15) is 13.9 Å². The van der Waals surface area contributed by atoms with Crippen molar-refractivity contribution in [1.29, 1.82) is 0 Å². The molecule has 1 aliphatic heterocycles. The second kappa shape index (κ2) is 10.9. The van der Waals surface area contributed by atoms with Gasteiger partial charge in [-0.3, -0.25) is 9.56 Å². The molecule has 0 aliphatic carbocycles. The number of nitrogens with one attached hydrogen (secondary N) is 1. The van der Waals surface area contributed by atoms with E-state index in [1.807, 2.05) is 18.9 Å². The predicted octanol–water partition coefficient (Wildman–Crippen LogP) is 2.47. The minimum absolute atomic E-state index is 0.0260. The summed E-state index contributed by atoms with van der Waals surface area (Å²) >= 11 is 0. The van der Waals surface area contributed by atoms with Gasteiger partial charge in [0.1, 0.15) is 11.6 Å². The molecule has 0 fully saturated rings. The Labute approximate surface area is 180 Å². The van der Waals surface area contributed by atoms with Gasteiger partial charge in [0.05, 0.1) is 0 Å². The molecule has 0 radical (unpaired) electrons. The number of aromatic nitrogens is 3. The minimum Gasteiger partial charge on any atom is -0.435 e. The van der Waals surface area contributed by atoms with Crippen LogP contribution in [0.3, 0.4) is 0 Å². The van der Waals surface area contributed by atoms with Crippen LogP contribution in [0.15, 0.2) is 34.1 Å². The monoisotopic (exact) mass is 436 g/mol. The van der Waals surface area contributed by atoms with Crippen LogP contribution in [0.4, 0.5) is 8.78 Å². The van der Waals surface area contributed by atoms with Crippen molar-refractivity contribution in [2.45, 2.75) is 58.9 Å². The normalized spacial score (nSPS) is 13.9. The molecule has 1 aliphatic rings. The van der Waals surface area contributed by atoms with E-state index >= 15 is 0 Å². The Morgan fingerprint density at radius 2 is 2.10 bits per heavy atom. The molecule has 0 atom stereocenters. The second-order valence-electron chi connectivity index (χ2n) is 7.50. The molecular weight excluding hydrogens is 406 g/mol. The van der Waals surface area contributed by atoms with Crippen LogP contribution in [0.1, 0.15) is 37.6 Å². The summed E-state index contributed by atoms with van der Waals surface area (Å²) in [6, 6.07) is 6.57. The Morgan fingerprint density at radius 1 is 1.32 bits per heavy atom. The van der Waals surface area contributed by atoms with E-state index < -0.39 is 6.61 Å². The summed E-state index contributed by atoms with van der Waals surface area (Å²) in [6.07, 6.45) is 3.69. The van der Waals surface area contributed by atoms with E-state index in [9.17, 15) is 13.6 Å². The van der Waals surface area contributed by atoms with Gasteiger partial charge < -0.3 is 15.0 Å². The number of halogens is 2. The number of aliphatic imine (C=N–C) groups is 1. The van der Waals surface area contributed by atoms with Crippen molar-refractivity contribution >= 4 is 5.96 Å². The average molecular weight is 437 g/mol. The smallest absolute Gasteiger partial charge is 0.387 e. The summed E-state index contributed by atoms with van der Waals surface area (Å²) in [6.45, 7) is 2.31. The van der Waals surface area contributed by atoms with Crippen LogP contribution in [0, 0.1) is 0 Å². The quantitative estimate of drug-likeness (QED) is 0.371. The van der Waals surface area contributed by atoms with Crippen molar-refractivity contribution in [1.82, 2.24) is 24.6 Å². The van der Waals surface area contributed by atoms with Crippen molar-refractivity contribution in [3.05, 3.63) is 46.1 Å². The molecule has 170 valence electrons. The Morgan fingerprint density at radius 3 is 2.77 bits per heavy atom. The van der Waals surface area contributed by atoms with Crippen molar-refractivity contribution in [2.75, 3.05) is 20.1 Å². The van der Waals surface area contributed by atoms with Crippen LogP contribution in [-0.2, 0) is 26.1 Å². The maximum Gasteiger partial charge on any atom is 0.387 e. The molecule has 2 aromatic rings. The molecule has 0 bridgehead atoms. The van der Waals surface area contributed by atoms with Crippen molar-refractivity contribution in [3.8, 4) is 5.75 Å². The van der Waals surface area contributed by atoms with Crippen LogP contribution in [0.25, 0.3) is 0 Å². The number of aryl methyl sites for hydroxylation is 2. The molecular formula is C21H30F2N6O2. The molecule has 0 saturated carbocycles. The first-order valence-corrected chi connectivity index (χ1v) is 10.7. The molecule has 0 amide bonds. The summed E-state index contributed by atoms with van der Waals surface area (Å²) < 4.78 is 32.3. The van der Waals surface area contributed by atoms with E-state index in [0.29, 0.717) is 26.1 Å². The highest BCUT2D eigenvalue weighted by Gasteiger charge is 2.16. The first kappa shape index (κ1) is 22.8. The molecule has 1 aromatic heterocycles. The Balaban J connectivity index is 1.54. The number of fused-ring (bicyclic) bond motifs is 1. The van der Waals surface area contributed by atoms with Gasteiger partial charge in [-0.15, -0.1) is 0 Å². The van der Waals surface area contributed by atoms with Gasteiger partial charge in [0.2, 0.25) is 0 Å². The van der Waals surface area contributed by atoms with Crippen molar-refractivity contribution in [2.24, 2.45) is 4.99 Å². The summed E-state index contributed by atoms with van der Waals surface area (Å²) in [4.78, 5) is 19.0. The molecule has 3 rings (SSSR count). The SMILES string of the molecule is CCNC(=NCCCn1nc2n(c1=O)CCCC2)N(C)Cc1ccc(OC(F)F)cc1. The fourth-order valence-corrected chi connectivity index (χ4v) is 3.59. The largest absolute Gasteiger partial charge is 0.435 e. The number of hydrogen-bond acceptors (Lipinski definition) is 4. The average Bonchev–Trinajstić information content (AvgIpc) is 3.07. The van der Waals surface area contributed by atoms with Crippen LogP contribution >= 0.6 is 0 Å². The highest BCUT2D eigenvalue weighted by atomic mass is 19.3. The van der Waals surface area contributed by atoms with Crippen molar-refractivity contribution in [3.63, 3.8) is 0 Å². The lowest BCUT2D eigenvalue weighted by Crippen LogP contribution is -2.38. The summed E-state index contributed by atoms with van der Waals surface area (Å²) in [5, 5.41) is 7.71. The fraction of sp³-hybridized carbons (Fsp3) is 0.571. The van der Waals surface area contributed by atoms with Crippen LogP contribution in [-0.4, -0.2) is 52.0 Å². The lowest BCUT2D eigenvalue weighted by Gasteiger charge is -2.22. The van der Waals surface area contributed by atoms with Gasteiger partial charge in [0.25, 0.3) is 0 Å². The first-order chi connectivity index (χ1) is 15.0. The number of rotatable bonds is 9. The number of nitrogens with zero attached hydrogens (tertiary/aromatic N) is 5. The summed E-state index contributed by atoms with van der Waals surface area (Å²) in [5.74, 6) is 1.77. The minimum atomic E-state index is -2.83. The van der Waals surface area contributed by atoms with E-state index in [2.05, 4.69) is 20.1 Å². The fourth-order valence-electron chi connectivity index (χ4n) is 3.59. The Bertz CT molecular complexity index is 923. The molecule has 31 heavy (non-hydrogen) atoms. The highest BCUT2D eigenvalue weighted by Crippen LogP contribution is 2.16. The van der Waals surface area contributed by atoms with Gasteiger partial charge in [-0.1, -0.05) is 12.1 Å². The molecule has 1 N–H and O–H groups in total. The molecule has 0 spiro atoms. The van der Waals surface area contributed by atoms with Gasteiger partial charge in [-0.25, -0.2) is 9.48 Å². The second-order valence-corrected chi connectivity index (χ2v) is 7.50. The van der Waals surface area contributed by atoms with Crippen LogP contribution in [0.5, 0.6) is 5.75 Å². The maximum atomic E-state index is 12.4. The number of alkyl halides is 2. The van der Waals surface area contributed by atoms with Crippen LogP contribution < -0.4 is 15.7 Å². The third-order valence-electron chi connectivity index (χ3n) is 5.09. The highest BCUT2D eigenvalue weighted by molar-refractivity contribution is 5.79. The summed E-state index contributed by atoms with van der Waals surface area (Å²) in [7, 11) is 1.92. The van der Waals surface area contributed by atoms with Gasteiger partial charge in [-0.05, 0) is 43.9 Å². The zero-order valence-electron chi connectivity index (χ0n) is 18.1. The lowest BCUT2D eigenvalue weighted by molar-refractivity contribution is -0.0498. The zero-order valence-corrected chi connectivity index (χ0v) is 18.1. The van der Waals surface area contributed by atoms with Gasteiger partial charge in [0, 0.05) is 46.2 Å². The first-order valence-electron chi connectivity index (χ1n) is 10.7. The standard InChI is InChI=1S/C21H30F2N6O2/c1-3-24-20(27(2)15-16-8-10-17(11-9-16)31-19(22)23)25-12-6-14-29-21(30)28-13-5-4-7-18(28)26-29/h8-11,19H,3-7,12-15H2,1-2H3,(H,24,25). The topological polar surface area (TPSA) is 76.7 Å². The zero-order chi connectivity index (χ0) is 22.2. The third-order valence-corrected chi connectivity index (χ3v) is 5.09. The number of hydrogen-bond donors (Lipinski definition) is 1. The van der Waals surface area contributed by atoms with Gasteiger partial charge >= 0.3 is 12.3 Å². The van der Waals surface area contributed by atoms with Crippen LogP contribution in [0.2, 0.25) is 0 Å². The molecule has 10 heteroatoms.